The fraction of sp³-hybridized carbons (Fsp3) is 0.174. The molecule has 2 heterocycles. The number of nitrogens with one attached hydrogen (secondary N) is 2. The van der Waals surface area contributed by atoms with Crippen molar-refractivity contribution in [2.75, 3.05) is 31.0 Å². The van der Waals surface area contributed by atoms with Crippen molar-refractivity contribution in [1.82, 2.24) is 9.97 Å². The molecule has 0 aliphatic carbocycles. The van der Waals surface area contributed by atoms with E-state index in [4.69, 9.17) is 4.74 Å². The predicted molar refractivity (Wildman–Crippen MR) is 117 cm³/mol. The van der Waals surface area contributed by atoms with E-state index in [1.54, 1.807) is 17.0 Å². The van der Waals surface area contributed by atoms with Crippen LogP contribution in [0.3, 0.4) is 0 Å². The Labute approximate surface area is 173 Å². The summed E-state index contributed by atoms with van der Waals surface area (Å²) in [4.78, 5) is 23.2. The lowest BCUT2D eigenvalue weighted by Crippen LogP contribution is -2.30. The number of methoxy groups -OCH3 is 1. The standard InChI is InChI=1S/C23H23FN4O2/c1-27(2)16-6-8-17(9-7-16)28(14-15-5-4-12-25-15)23(29)20-13-18-21(30-3)11-10-19(24)22(18)26-20/h4-13,25-26H,14H2,1-3H3. The molecule has 0 saturated carbocycles. The summed E-state index contributed by atoms with van der Waals surface area (Å²) < 4.78 is 19.6. The Morgan fingerprint density at radius 2 is 1.80 bits per heavy atom. The number of hydrogen-bond donors (Lipinski definition) is 2. The number of aromatic nitrogens is 2. The maximum absolute atomic E-state index is 14.3. The van der Waals surface area contributed by atoms with Crippen LogP contribution in [0.2, 0.25) is 0 Å². The van der Waals surface area contributed by atoms with Crippen LogP contribution in [0.4, 0.5) is 15.8 Å². The van der Waals surface area contributed by atoms with Gasteiger partial charge < -0.3 is 24.5 Å². The van der Waals surface area contributed by atoms with Gasteiger partial charge in [-0.15, -0.1) is 0 Å². The van der Waals surface area contributed by atoms with E-state index >= 15 is 0 Å². The number of hydrogen-bond acceptors (Lipinski definition) is 3. The number of anilines is 2. The predicted octanol–water partition coefficient (Wildman–Crippen LogP) is 4.56. The first-order valence-corrected chi connectivity index (χ1v) is 9.54. The molecule has 2 N–H and O–H groups in total. The minimum Gasteiger partial charge on any atom is -0.496 e. The van der Waals surface area contributed by atoms with Crippen LogP contribution in [0.1, 0.15) is 16.2 Å². The van der Waals surface area contributed by atoms with Gasteiger partial charge in [0.1, 0.15) is 17.3 Å². The Morgan fingerprint density at radius 3 is 2.43 bits per heavy atom. The van der Waals surface area contributed by atoms with E-state index in [9.17, 15) is 9.18 Å². The summed E-state index contributed by atoms with van der Waals surface area (Å²) in [5.74, 6) is -0.191. The number of benzene rings is 2. The molecular weight excluding hydrogens is 383 g/mol. The number of amides is 1. The molecule has 0 atom stereocenters. The van der Waals surface area contributed by atoms with E-state index in [-0.39, 0.29) is 17.1 Å². The molecule has 30 heavy (non-hydrogen) atoms. The van der Waals surface area contributed by atoms with Crippen LogP contribution >= 0.6 is 0 Å². The Balaban J connectivity index is 1.75. The van der Waals surface area contributed by atoms with Gasteiger partial charge in [0.15, 0.2) is 0 Å². The van der Waals surface area contributed by atoms with Gasteiger partial charge in [-0.1, -0.05) is 0 Å². The molecule has 0 unspecified atom stereocenters. The SMILES string of the molecule is COc1ccc(F)c2[nH]c(C(=O)N(Cc3ccc[nH]3)c3ccc(N(C)C)cc3)cc12. The second-order valence-corrected chi connectivity index (χ2v) is 7.22. The highest BCUT2D eigenvalue weighted by Crippen LogP contribution is 2.30. The van der Waals surface area contributed by atoms with Gasteiger partial charge in [-0.2, -0.15) is 0 Å². The fourth-order valence-electron chi connectivity index (χ4n) is 3.45. The molecule has 0 radical (unpaired) electrons. The third-order valence-electron chi connectivity index (χ3n) is 5.07. The average molecular weight is 406 g/mol. The zero-order valence-corrected chi connectivity index (χ0v) is 17.1. The van der Waals surface area contributed by atoms with Gasteiger partial charge in [0.25, 0.3) is 5.91 Å². The van der Waals surface area contributed by atoms with Crippen molar-refractivity contribution >= 4 is 28.2 Å². The molecule has 0 fully saturated rings. The molecule has 1 amide bonds. The maximum atomic E-state index is 14.3. The van der Waals surface area contributed by atoms with Gasteiger partial charge in [0.2, 0.25) is 0 Å². The van der Waals surface area contributed by atoms with Gasteiger partial charge in [0.05, 0.1) is 19.2 Å². The molecule has 2 aromatic carbocycles. The molecule has 7 heteroatoms. The monoisotopic (exact) mass is 406 g/mol. The molecule has 0 aliphatic heterocycles. The summed E-state index contributed by atoms with van der Waals surface area (Å²) in [7, 11) is 5.44. The van der Waals surface area contributed by atoms with Crippen molar-refractivity contribution in [3.8, 4) is 5.75 Å². The topological polar surface area (TPSA) is 64.4 Å². The van der Waals surface area contributed by atoms with Crippen LogP contribution in [0.5, 0.6) is 5.75 Å². The molecule has 0 aliphatic rings. The second-order valence-electron chi connectivity index (χ2n) is 7.22. The zero-order chi connectivity index (χ0) is 21.3. The normalized spacial score (nSPS) is 10.9. The van der Waals surface area contributed by atoms with Crippen LogP contribution < -0.4 is 14.5 Å². The molecule has 0 saturated heterocycles. The lowest BCUT2D eigenvalue weighted by molar-refractivity contribution is 0.0981. The highest BCUT2D eigenvalue weighted by molar-refractivity contribution is 6.08. The summed E-state index contributed by atoms with van der Waals surface area (Å²) >= 11 is 0. The Hall–Kier alpha value is -3.74. The van der Waals surface area contributed by atoms with Crippen LogP contribution in [0.15, 0.2) is 60.8 Å². The average Bonchev–Trinajstić information content (AvgIpc) is 3.42. The van der Waals surface area contributed by atoms with E-state index in [2.05, 4.69) is 9.97 Å². The van der Waals surface area contributed by atoms with Crippen molar-refractivity contribution in [3.63, 3.8) is 0 Å². The first-order chi connectivity index (χ1) is 14.5. The lowest BCUT2D eigenvalue weighted by atomic mass is 10.2. The summed E-state index contributed by atoms with van der Waals surface area (Å²) in [6.07, 6.45) is 1.82. The largest absolute Gasteiger partial charge is 0.496 e. The van der Waals surface area contributed by atoms with Crippen molar-refractivity contribution in [2.24, 2.45) is 0 Å². The second kappa shape index (κ2) is 7.94. The number of H-pyrrole nitrogens is 2. The summed E-state index contributed by atoms with van der Waals surface area (Å²) in [6, 6.07) is 16.0. The molecule has 154 valence electrons. The summed E-state index contributed by atoms with van der Waals surface area (Å²) in [5.41, 5.74) is 3.20. The van der Waals surface area contributed by atoms with Gasteiger partial charge in [-0.3, -0.25) is 4.79 Å². The van der Waals surface area contributed by atoms with E-state index in [1.807, 2.05) is 61.6 Å². The summed E-state index contributed by atoms with van der Waals surface area (Å²) in [6.45, 7) is 0.349. The summed E-state index contributed by atoms with van der Waals surface area (Å²) in [5, 5.41) is 0.531. The number of nitrogens with zero attached hydrogens (tertiary/aromatic N) is 2. The van der Waals surface area contributed by atoms with Crippen LogP contribution in [0, 0.1) is 5.82 Å². The van der Waals surface area contributed by atoms with E-state index in [0.717, 1.165) is 17.1 Å². The highest BCUT2D eigenvalue weighted by Gasteiger charge is 2.22. The van der Waals surface area contributed by atoms with Gasteiger partial charge >= 0.3 is 0 Å². The van der Waals surface area contributed by atoms with E-state index in [1.165, 1.54) is 13.2 Å². The quantitative estimate of drug-likeness (QED) is 0.494. The molecule has 4 rings (SSSR count). The van der Waals surface area contributed by atoms with Gasteiger partial charge in [-0.25, -0.2) is 4.39 Å². The number of aromatic amines is 2. The van der Waals surface area contributed by atoms with Crippen LogP contribution in [0.25, 0.3) is 10.9 Å². The fourth-order valence-corrected chi connectivity index (χ4v) is 3.45. The number of halogens is 1. The van der Waals surface area contributed by atoms with Crippen molar-refractivity contribution in [1.29, 1.82) is 0 Å². The third-order valence-corrected chi connectivity index (χ3v) is 5.07. The molecular formula is C23H23FN4O2. The zero-order valence-electron chi connectivity index (χ0n) is 17.1. The molecule has 2 aromatic heterocycles. The Kier molecular flexibility index (Phi) is 5.18. The number of rotatable bonds is 6. The minimum atomic E-state index is -0.434. The smallest absolute Gasteiger partial charge is 0.275 e. The number of carbonyl (C=O) groups is 1. The number of carbonyl (C=O) groups excluding carboxylic acids is 1. The van der Waals surface area contributed by atoms with E-state index in [0.29, 0.717) is 17.7 Å². The maximum Gasteiger partial charge on any atom is 0.275 e. The first-order valence-electron chi connectivity index (χ1n) is 9.54. The van der Waals surface area contributed by atoms with Crippen molar-refractivity contribution in [3.05, 3.63) is 78.0 Å². The van der Waals surface area contributed by atoms with Crippen molar-refractivity contribution in [2.45, 2.75) is 6.54 Å². The Morgan fingerprint density at radius 1 is 1.07 bits per heavy atom. The molecule has 6 nitrogen and oxygen atoms in total. The van der Waals surface area contributed by atoms with E-state index < -0.39 is 5.82 Å². The third kappa shape index (κ3) is 3.61. The minimum absolute atomic E-state index is 0.250. The molecule has 0 bridgehead atoms. The van der Waals surface area contributed by atoms with Gasteiger partial charge in [-0.05, 0) is 54.6 Å². The first kappa shape index (κ1) is 19.6. The lowest BCUT2D eigenvalue weighted by Gasteiger charge is -2.23. The Bertz CT molecular complexity index is 1160. The van der Waals surface area contributed by atoms with Crippen LogP contribution in [-0.2, 0) is 6.54 Å². The molecule has 4 aromatic rings. The van der Waals surface area contributed by atoms with Crippen LogP contribution in [-0.4, -0.2) is 37.1 Å². The number of fused-ring (bicyclic) bond motifs is 1. The number of ether oxygens (including phenoxy) is 1. The highest BCUT2D eigenvalue weighted by atomic mass is 19.1. The van der Waals surface area contributed by atoms with Gasteiger partial charge in [0, 0.05) is 42.7 Å². The van der Waals surface area contributed by atoms with Crippen molar-refractivity contribution < 1.29 is 13.9 Å². The molecule has 0 spiro atoms.